The number of oxazole rings is 1. The van der Waals surface area contributed by atoms with Crippen LogP contribution in [0.15, 0.2) is 50.3 Å². The molecule has 1 aliphatic heterocycles. The number of piperazine rings is 1. The number of nitriles is 1. The summed E-state index contributed by atoms with van der Waals surface area (Å²) in [6, 6.07) is 9.62. The Kier molecular flexibility index (Phi) is 5.12. The third-order valence-electron chi connectivity index (χ3n) is 4.91. The summed E-state index contributed by atoms with van der Waals surface area (Å²) >= 11 is 0. The van der Waals surface area contributed by atoms with Crippen LogP contribution in [-0.4, -0.2) is 50.8 Å². The summed E-state index contributed by atoms with van der Waals surface area (Å²) in [7, 11) is -3.77. The lowest BCUT2D eigenvalue weighted by Gasteiger charge is -2.35. The molecule has 0 amide bonds. The van der Waals surface area contributed by atoms with E-state index in [4.69, 9.17) is 8.83 Å². The summed E-state index contributed by atoms with van der Waals surface area (Å²) in [6.45, 7) is 1.49. The van der Waals surface area contributed by atoms with Crippen LogP contribution in [0.2, 0.25) is 0 Å². The highest BCUT2D eigenvalue weighted by molar-refractivity contribution is 7.90. The molecule has 1 fully saturated rings. The Morgan fingerprint density at radius 2 is 1.87 bits per heavy atom. The Bertz CT molecular complexity index is 1270. The molecule has 160 valence electrons. The van der Waals surface area contributed by atoms with Gasteiger partial charge in [-0.25, -0.2) is 8.42 Å². The molecular weight excluding hydrogens is 426 g/mol. The van der Waals surface area contributed by atoms with Crippen LogP contribution >= 0.6 is 0 Å². The highest BCUT2D eigenvalue weighted by atomic mass is 32.2. The van der Waals surface area contributed by atoms with Gasteiger partial charge >= 0.3 is 5.69 Å². The van der Waals surface area contributed by atoms with Gasteiger partial charge in [-0.15, -0.1) is 0 Å². The highest BCUT2D eigenvalue weighted by Crippen LogP contribution is 2.36. The molecule has 31 heavy (non-hydrogen) atoms. The van der Waals surface area contributed by atoms with E-state index < -0.39 is 20.4 Å². The van der Waals surface area contributed by atoms with Gasteiger partial charge in [0.1, 0.15) is 16.7 Å². The maximum atomic E-state index is 12.0. The average molecular weight is 443 g/mol. The zero-order valence-electron chi connectivity index (χ0n) is 16.4. The second-order valence-electron chi connectivity index (χ2n) is 6.89. The molecule has 0 radical (unpaired) electrons. The van der Waals surface area contributed by atoms with Gasteiger partial charge in [-0.2, -0.15) is 10.2 Å². The van der Waals surface area contributed by atoms with E-state index in [9.17, 15) is 23.8 Å². The van der Waals surface area contributed by atoms with Gasteiger partial charge in [0.05, 0.1) is 11.2 Å². The number of nitro benzene ring substituents is 1. The Morgan fingerprint density at radius 3 is 2.45 bits per heavy atom. The van der Waals surface area contributed by atoms with E-state index in [1.165, 1.54) is 24.5 Å². The third kappa shape index (κ3) is 3.82. The number of furan rings is 1. The number of sulfone groups is 1. The zero-order chi connectivity index (χ0) is 22.2. The maximum Gasteiger partial charge on any atom is 0.311 e. The number of anilines is 2. The molecule has 11 nitrogen and oxygen atoms in total. The van der Waals surface area contributed by atoms with Gasteiger partial charge in [0.2, 0.25) is 11.6 Å². The molecule has 3 heterocycles. The number of rotatable bonds is 5. The lowest BCUT2D eigenvalue weighted by molar-refractivity contribution is -0.387. The minimum atomic E-state index is -3.77. The minimum absolute atomic E-state index is 0.116. The van der Waals surface area contributed by atoms with Crippen molar-refractivity contribution in [1.29, 1.82) is 5.26 Å². The summed E-state index contributed by atoms with van der Waals surface area (Å²) in [4.78, 5) is 18.4. The molecule has 1 saturated heterocycles. The Balaban J connectivity index is 1.59. The molecule has 0 N–H and O–H groups in total. The molecule has 1 aromatic carbocycles. The molecule has 0 atom stereocenters. The minimum Gasteiger partial charge on any atom is -0.459 e. The third-order valence-corrected chi connectivity index (χ3v) is 6.04. The van der Waals surface area contributed by atoms with Crippen molar-refractivity contribution in [3.63, 3.8) is 0 Å². The SMILES string of the molecule is CS(=O)(=O)c1cccc(N2CCN(c3oc(-c4ccco4)nc3C#N)CC2)c1[N+](=O)[O-]. The molecule has 12 heteroatoms. The fourth-order valence-corrected chi connectivity index (χ4v) is 4.36. The summed E-state index contributed by atoms with van der Waals surface area (Å²) in [6.07, 6.45) is 2.42. The van der Waals surface area contributed by atoms with E-state index in [-0.39, 0.29) is 22.2 Å². The predicted molar refractivity (Wildman–Crippen MR) is 110 cm³/mol. The van der Waals surface area contributed by atoms with E-state index in [1.807, 2.05) is 11.0 Å². The van der Waals surface area contributed by atoms with Crippen LogP contribution in [0, 0.1) is 21.4 Å². The fraction of sp³-hybridized carbons (Fsp3) is 0.263. The summed E-state index contributed by atoms with van der Waals surface area (Å²) in [5, 5.41) is 21.1. The van der Waals surface area contributed by atoms with E-state index in [0.717, 1.165) is 6.26 Å². The van der Waals surface area contributed by atoms with Gasteiger partial charge in [-0.3, -0.25) is 10.1 Å². The quantitative estimate of drug-likeness (QED) is 0.425. The first-order valence-corrected chi connectivity index (χ1v) is 11.1. The predicted octanol–water partition coefficient (Wildman–Crippen LogP) is 2.44. The Hall–Kier alpha value is -3.85. The molecule has 0 bridgehead atoms. The van der Waals surface area contributed by atoms with E-state index in [1.54, 1.807) is 17.0 Å². The van der Waals surface area contributed by atoms with E-state index >= 15 is 0 Å². The van der Waals surface area contributed by atoms with Gasteiger partial charge in [0.25, 0.3) is 5.89 Å². The molecule has 0 spiro atoms. The van der Waals surface area contributed by atoms with Gasteiger partial charge in [0, 0.05) is 32.4 Å². The molecule has 0 saturated carbocycles. The lowest BCUT2D eigenvalue weighted by atomic mass is 10.2. The van der Waals surface area contributed by atoms with Crippen molar-refractivity contribution >= 4 is 27.1 Å². The van der Waals surface area contributed by atoms with E-state index in [0.29, 0.717) is 37.8 Å². The van der Waals surface area contributed by atoms with Crippen molar-refractivity contribution in [1.82, 2.24) is 4.98 Å². The van der Waals surface area contributed by atoms with Crippen LogP contribution < -0.4 is 9.80 Å². The normalized spacial score (nSPS) is 14.5. The first kappa shape index (κ1) is 20.4. The van der Waals surface area contributed by atoms with Gasteiger partial charge in [-0.1, -0.05) is 6.07 Å². The molecule has 0 unspecified atom stereocenters. The molecule has 0 aliphatic carbocycles. The van der Waals surface area contributed by atoms with Crippen molar-refractivity contribution in [3.8, 4) is 17.7 Å². The zero-order valence-corrected chi connectivity index (χ0v) is 17.2. The molecule has 1 aliphatic rings. The highest BCUT2D eigenvalue weighted by Gasteiger charge is 2.31. The van der Waals surface area contributed by atoms with Crippen LogP contribution in [-0.2, 0) is 9.84 Å². The van der Waals surface area contributed by atoms with Gasteiger partial charge < -0.3 is 18.6 Å². The van der Waals surface area contributed by atoms with Crippen molar-refractivity contribution in [2.24, 2.45) is 0 Å². The van der Waals surface area contributed by atoms with E-state index in [2.05, 4.69) is 4.98 Å². The monoisotopic (exact) mass is 443 g/mol. The molecule has 4 rings (SSSR count). The van der Waals surface area contributed by atoms with Crippen LogP contribution in [0.3, 0.4) is 0 Å². The first-order chi connectivity index (χ1) is 14.8. The molecule has 3 aromatic rings. The Labute approximate surface area is 177 Å². The number of nitrogens with zero attached hydrogens (tertiary/aromatic N) is 5. The Morgan fingerprint density at radius 1 is 1.16 bits per heavy atom. The number of benzene rings is 1. The number of hydrogen-bond donors (Lipinski definition) is 0. The van der Waals surface area contributed by atoms with Crippen LogP contribution in [0.5, 0.6) is 0 Å². The standard InChI is InChI=1S/C19H17N5O6S/c1-31(27,28)16-6-2-4-14(17(16)24(25)26)22-7-9-23(10-8-22)19-13(12-20)21-18(30-19)15-5-3-11-29-15/h2-6,11H,7-10H2,1H3. The smallest absolute Gasteiger partial charge is 0.311 e. The summed E-state index contributed by atoms with van der Waals surface area (Å²) in [5.74, 6) is 0.887. The van der Waals surface area contributed by atoms with Gasteiger partial charge in [0.15, 0.2) is 15.6 Å². The van der Waals surface area contributed by atoms with Crippen LogP contribution in [0.1, 0.15) is 5.69 Å². The van der Waals surface area contributed by atoms with Crippen LogP contribution in [0.4, 0.5) is 17.3 Å². The summed E-state index contributed by atoms with van der Waals surface area (Å²) < 4.78 is 35.0. The van der Waals surface area contributed by atoms with Crippen molar-refractivity contribution < 1.29 is 22.2 Å². The molecule has 2 aromatic heterocycles. The van der Waals surface area contributed by atoms with Crippen molar-refractivity contribution in [2.75, 3.05) is 42.2 Å². The largest absolute Gasteiger partial charge is 0.459 e. The lowest BCUT2D eigenvalue weighted by Crippen LogP contribution is -2.46. The summed E-state index contributed by atoms with van der Waals surface area (Å²) in [5.41, 5.74) is -0.0808. The first-order valence-electron chi connectivity index (χ1n) is 9.21. The number of nitro groups is 1. The second-order valence-corrected chi connectivity index (χ2v) is 8.87. The topological polar surface area (TPSA) is 147 Å². The molecular formula is C19H17N5O6S. The van der Waals surface area contributed by atoms with Crippen LogP contribution in [0.25, 0.3) is 11.7 Å². The van der Waals surface area contributed by atoms with Gasteiger partial charge in [-0.05, 0) is 24.3 Å². The maximum absolute atomic E-state index is 12.0. The number of para-hydroxylation sites is 1. The number of hydrogen-bond acceptors (Lipinski definition) is 10. The van der Waals surface area contributed by atoms with Crippen molar-refractivity contribution in [2.45, 2.75) is 4.90 Å². The fourth-order valence-electron chi connectivity index (χ4n) is 3.50. The average Bonchev–Trinajstić information content (AvgIpc) is 3.42. The number of aromatic nitrogens is 1. The van der Waals surface area contributed by atoms with Crippen molar-refractivity contribution in [3.05, 3.63) is 52.4 Å². The second kappa shape index (κ2) is 7.77.